The molecule has 3 N–H and O–H groups in total. The molecule has 5 aliphatic carbocycles. The van der Waals surface area contributed by atoms with Crippen molar-refractivity contribution in [3.8, 4) is 0 Å². The fourth-order valence-electron chi connectivity index (χ4n) is 12.5. The third-order valence-corrected chi connectivity index (χ3v) is 14.9. The minimum atomic E-state index is -0.416. The van der Waals surface area contributed by atoms with Gasteiger partial charge in [0.25, 0.3) is 0 Å². The molecular formula is C37H55NO3. The van der Waals surface area contributed by atoms with E-state index in [-0.39, 0.29) is 34.2 Å². The Morgan fingerprint density at radius 2 is 1.63 bits per heavy atom. The normalized spacial score (nSPS) is 48.8. The molecule has 1 aromatic rings. The number of rotatable bonds is 5. The van der Waals surface area contributed by atoms with Crippen molar-refractivity contribution in [2.45, 2.75) is 111 Å². The Kier molecular flexibility index (Phi) is 7.14. The van der Waals surface area contributed by atoms with Crippen LogP contribution in [0.1, 0.15) is 104 Å². The number of carbonyl (C=O) groups is 1. The lowest BCUT2D eigenvalue weighted by molar-refractivity contribution is -0.252. The number of hydrogen-bond donors (Lipinski definition) is 3. The van der Waals surface area contributed by atoms with Crippen LogP contribution in [0.15, 0.2) is 42.5 Å². The van der Waals surface area contributed by atoms with Gasteiger partial charge in [-0.05, 0) is 123 Å². The molecule has 5 fully saturated rings. The van der Waals surface area contributed by atoms with Gasteiger partial charge in [-0.2, -0.15) is 0 Å². The zero-order valence-corrected chi connectivity index (χ0v) is 26.3. The first-order valence-corrected chi connectivity index (χ1v) is 16.6. The molecule has 0 bridgehead atoms. The van der Waals surface area contributed by atoms with Gasteiger partial charge in [-0.15, -0.1) is 0 Å². The van der Waals surface area contributed by atoms with Gasteiger partial charge in [0.15, 0.2) is 0 Å². The Hall–Kier alpha value is -1.65. The van der Waals surface area contributed by atoms with E-state index >= 15 is 0 Å². The Morgan fingerprint density at radius 3 is 2.32 bits per heavy atom. The Labute approximate surface area is 248 Å². The minimum absolute atomic E-state index is 0.0702. The topological polar surface area (TPSA) is 69.6 Å². The summed E-state index contributed by atoms with van der Waals surface area (Å²) >= 11 is 0. The highest BCUT2D eigenvalue weighted by molar-refractivity contribution is 5.84. The monoisotopic (exact) mass is 561 g/mol. The average molecular weight is 562 g/mol. The van der Waals surface area contributed by atoms with Gasteiger partial charge in [-0.25, -0.2) is 0 Å². The molecule has 1 amide bonds. The van der Waals surface area contributed by atoms with Crippen molar-refractivity contribution in [2.75, 3.05) is 6.61 Å². The summed E-state index contributed by atoms with van der Waals surface area (Å²) in [6.45, 7) is 17.2. The van der Waals surface area contributed by atoms with E-state index in [1.807, 2.05) is 18.2 Å². The Morgan fingerprint density at radius 1 is 0.902 bits per heavy atom. The molecule has 226 valence electrons. The van der Waals surface area contributed by atoms with Crippen molar-refractivity contribution in [1.82, 2.24) is 5.32 Å². The molecule has 6 rings (SSSR count). The van der Waals surface area contributed by atoms with E-state index in [9.17, 15) is 15.0 Å². The number of nitrogens with one attached hydrogen (secondary N) is 1. The van der Waals surface area contributed by atoms with E-state index in [0.29, 0.717) is 36.1 Å². The number of aliphatic hydroxyl groups is 2. The highest BCUT2D eigenvalue weighted by Gasteiger charge is 2.72. The lowest BCUT2D eigenvalue weighted by atomic mass is 9.32. The lowest BCUT2D eigenvalue weighted by Gasteiger charge is -2.73. The molecule has 5 aliphatic rings. The van der Waals surface area contributed by atoms with Crippen LogP contribution in [0.4, 0.5) is 0 Å². The van der Waals surface area contributed by atoms with E-state index in [1.165, 1.54) is 18.4 Å². The Balaban J connectivity index is 1.34. The molecule has 5 saturated carbocycles. The van der Waals surface area contributed by atoms with Crippen LogP contribution in [-0.4, -0.2) is 28.8 Å². The van der Waals surface area contributed by atoms with Crippen LogP contribution in [0.25, 0.3) is 0 Å². The summed E-state index contributed by atoms with van der Waals surface area (Å²) in [6.07, 6.45) is 10.2. The molecule has 0 radical (unpaired) electrons. The van der Waals surface area contributed by atoms with Gasteiger partial charge in [-0.3, -0.25) is 4.79 Å². The number of amides is 1. The van der Waals surface area contributed by atoms with Crippen molar-refractivity contribution in [3.63, 3.8) is 0 Å². The SMILES string of the molecule is C=C(C)C1CC[C@]2(C(=O)NCc3ccccc3)CC[C@]3(C)C(CCC4[C@@]5(C)CC[C@H](O)[C@@](C)(CO)[C@@H]5CC[C@]43C)C12. The van der Waals surface area contributed by atoms with Gasteiger partial charge in [0, 0.05) is 12.0 Å². The lowest BCUT2D eigenvalue weighted by Crippen LogP contribution is -2.68. The summed E-state index contributed by atoms with van der Waals surface area (Å²) in [5, 5.41) is 25.0. The maximum atomic E-state index is 14.3. The van der Waals surface area contributed by atoms with Crippen molar-refractivity contribution in [2.24, 2.45) is 56.7 Å². The number of allylic oxidation sites excluding steroid dienone is 1. The summed E-state index contributed by atoms with van der Waals surface area (Å²) in [6, 6.07) is 10.3. The maximum Gasteiger partial charge on any atom is 0.226 e. The third kappa shape index (κ3) is 3.94. The smallest absolute Gasteiger partial charge is 0.226 e. The fourth-order valence-corrected chi connectivity index (χ4v) is 12.5. The van der Waals surface area contributed by atoms with Crippen LogP contribution in [-0.2, 0) is 11.3 Å². The zero-order valence-electron chi connectivity index (χ0n) is 26.3. The summed E-state index contributed by atoms with van der Waals surface area (Å²) < 4.78 is 0. The number of benzene rings is 1. The van der Waals surface area contributed by atoms with Gasteiger partial charge in [0.05, 0.1) is 18.1 Å². The van der Waals surface area contributed by atoms with Crippen LogP contribution >= 0.6 is 0 Å². The summed E-state index contributed by atoms with van der Waals surface area (Å²) in [5.41, 5.74) is 2.20. The molecule has 4 heteroatoms. The van der Waals surface area contributed by atoms with Crippen molar-refractivity contribution in [3.05, 3.63) is 48.0 Å². The van der Waals surface area contributed by atoms with Crippen molar-refractivity contribution in [1.29, 1.82) is 0 Å². The second-order valence-electron chi connectivity index (χ2n) is 16.2. The van der Waals surface area contributed by atoms with Crippen molar-refractivity contribution >= 4 is 5.91 Å². The molecule has 4 unspecified atom stereocenters. The van der Waals surface area contributed by atoms with Crippen LogP contribution in [0.2, 0.25) is 0 Å². The van der Waals surface area contributed by atoms with E-state index in [2.05, 4.69) is 58.6 Å². The first-order chi connectivity index (χ1) is 19.4. The average Bonchev–Trinajstić information content (AvgIpc) is 3.36. The van der Waals surface area contributed by atoms with Crippen LogP contribution in [0, 0.1) is 56.7 Å². The molecule has 0 spiro atoms. The minimum Gasteiger partial charge on any atom is -0.396 e. The molecule has 0 heterocycles. The molecule has 11 atom stereocenters. The predicted molar refractivity (Wildman–Crippen MR) is 165 cm³/mol. The first-order valence-electron chi connectivity index (χ1n) is 16.6. The quantitative estimate of drug-likeness (QED) is 0.331. The highest BCUT2D eigenvalue weighted by Crippen LogP contribution is 2.77. The van der Waals surface area contributed by atoms with Gasteiger partial charge < -0.3 is 15.5 Å². The van der Waals surface area contributed by atoms with Gasteiger partial charge in [-0.1, -0.05) is 70.2 Å². The molecular weight excluding hydrogens is 506 g/mol. The first kappa shape index (κ1) is 29.4. The second kappa shape index (κ2) is 9.94. The van der Waals surface area contributed by atoms with Crippen molar-refractivity contribution < 1.29 is 15.0 Å². The number of carbonyl (C=O) groups excluding carboxylic acids is 1. The molecule has 0 saturated heterocycles. The molecule has 1 aromatic carbocycles. The van der Waals surface area contributed by atoms with Gasteiger partial charge in [0.1, 0.15) is 0 Å². The van der Waals surface area contributed by atoms with E-state index in [0.717, 1.165) is 56.9 Å². The summed E-state index contributed by atoms with van der Waals surface area (Å²) in [5.74, 6) is 2.49. The summed E-state index contributed by atoms with van der Waals surface area (Å²) in [4.78, 5) is 14.3. The summed E-state index contributed by atoms with van der Waals surface area (Å²) in [7, 11) is 0. The van der Waals surface area contributed by atoms with Crippen LogP contribution in [0.5, 0.6) is 0 Å². The van der Waals surface area contributed by atoms with Gasteiger partial charge >= 0.3 is 0 Å². The van der Waals surface area contributed by atoms with E-state index in [1.54, 1.807) is 0 Å². The Bertz CT molecular complexity index is 1180. The van der Waals surface area contributed by atoms with Crippen LogP contribution < -0.4 is 5.32 Å². The van der Waals surface area contributed by atoms with Crippen LogP contribution in [0.3, 0.4) is 0 Å². The van der Waals surface area contributed by atoms with E-state index in [4.69, 9.17) is 0 Å². The number of hydrogen-bond acceptors (Lipinski definition) is 3. The molecule has 0 aliphatic heterocycles. The largest absolute Gasteiger partial charge is 0.396 e. The third-order valence-electron chi connectivity index (χ3n) is 14.9. The van der Waals surface area contributed by atoms with Gasteiger partial charge in [0.2, 0.25) is 5.91 Å². The second-order valence-corrected chi connectivity index (χ2v) is 16.2. The molecule has 0 aromatic heterocycles. The fraction of sp³-hybridized carbons (Fsp3) is 0.757. The molecule has 4 nitrogen and oxygen atoms in total. The highest BCUT2D eigenvalue weighted by atomic mass is 16.3. The number of aliphatic hydroxyl groups excluding tert-OH is 2. The zero-order chi connectivity index (χ0) is 29.4. The van der Waals surface area contributed by atoms with E-state index < -0.39 is 11.5 Å². The maximum absolute atomic E-state index is 14.3. The number of fused-ring (bicyclic) bond motifs is 7. The standard InChI is InChI=1S/C37H55NO3/c1-24(2)26-14-19-37(32(41)38-22-25-10-8-7-9-11-25)21-20-35(5)27(31(26)37)12-13-29-33(3)17-16-30(40)34(4,23-39)28(33)15-18-36(29,35)6/h7-11,26-31,39-40H,1,12-23H2,2-6H3,(H,38,41)/t26?,27?,28-,29?,30+,31?,33+,34+,35-,36-,37+/m1/s1. The molecule has 41 heavy (non-hydrogen) atoms. The predicted octanol–water partition coefficient (Wildman–Crippen LogP) is 7.29.